The van der Waals surface area contributed by atoms with Gasteiger partial charge in [-0.2, -0.15) is 23.5 Å². The van der Waals surface area contributed by atoms with Gasteiger partial charge in [0.25, 0.3) is 5.91 Å². The fourth-order valence-electron chi connectivity index (χ4n) is 9.84. The number of thiazole rings is 1. The minimum absolute atomic E-state index is 0.00651. The number of ether oxygens (including phenoxy) is 1. The molecule has 0 aliphatic carbocycles. The van der Waals surface area contributed by atoms with Crippen molar-refractivity contribution < 1.29 is 37.4 Å². The van der Waals surface area contributed by atoms with E-state index in [0.29, 0.717) is 30.9 Å². The number of aromatic nitrogens is 4. The number of nitriles is 1. The summed E-state index contributed by atoms with van der Waals surface area (Å²) in [5, 5.41) is 27.8. The summed E-state index contributed by atoms with van der Waals surface area (Å²) >= 11 is 7.28. The molecule has 3 aromatic heterocycles. The molecule has 0 radical (unpaired) electrons. The fraction of sp³-hybridized carbons (Fsp3) is 0.358. The van der Waals surface area contributed by atoms with Gasteiger partial charge in [-0.05, 0) is 117 Å². The predicted octanol–water partition coefficient (Wildman–Crippen LogP) is 8.88. The molecule has 3 aromatic carbocycles. The standard InChI is InChI=1S/C53H53F3N10O5S2/c1-30(2)46(49(69)63-27-40(67)23-44(63)48(68)61-31(3)33-7-9-34(10-8-33)47-32(4)59-29-73-47)64-26-37(25-60-64)35-17-19-58-45(21-35)62-20-18-42(28-62)71-41-15-13-38(14-16-41)66-51(72)65(50(70)52(66,5)6)39-12-11-36(24-57)43(22-39)53(54,55)56/h7-17,19,21-22,25-26,29-31,40,42,44,46,67H,18,20,23,27-28H2,1-6H3,(H,61,68)/t31-,40+,42-,44-,46+/m0/s1. The number of carbonyl (C=O) groups excluding carboxylic acids is 3. The lowest BCUT2D eigenvalue weighted by molar-refractivity contribution is -0.142. The second-order valence-corrected chi connectivity index (χ2v) is 20.7. The topological polar surface area (TPSA) is 173 Å². The lowest BCUT2D eigenvalue weighted by atomic mass is 10.0. The zero-order valence-electron chi connectivity index (χ0n) is 40.9. The zero-order valence-corrected chi connectivity index (χ0v) is 42.5. The van der Waals surface area contributed by atoms with Gasteiger partial charge in [0.15, 0.2) is 5.11 Å². The van der Waals surface area contributed by atoms with Gasteiger partial charge < -0.3 is 29.9 Å². The summed E-state index contributed by atoms with van der Waals surface area (Å²) in [5.41, 5.74) is 3.83. The summed E-state index contributed by atoms with van der Waals surface area (Å²) in [6.45, 7) is 12.2. The number of nitrogens with zero attached hydrogens (tertiary/aromatic N) is 9. The van der Waals surface area contributed by atoms with Crippen LogP contribution in [0.3, 0.4) is 0 Å². The van der Waals surface area contributed by atoms with Crippen molar-refractivity contribution in [1.29, 1.82) is 5.26 Å². The molecule has 73 heavy (non-hydrogen) atoms. The van der Waals surface area contributed by atoms with E-state index in [1.54, 1.807) is 77.5 Å². The summed E-state index contributed by atoms with van der Waals surface area (Å²) in [6, 6.07) is 21.5. The molecule has 6 aromatic rings. The highest BCUT2D eigenvalue weighted by Gasteiger charge is 2.51. The third-order valence-corrected chi connectivity index (χ3v) is 15.1. The Balaban J connectivity index is 0.829. The molecule has 3 aliphatic rings. The molecule has 3 aliphatic heterocycles. The zero-order chi connectivity index (χ0) is 52.1. The molecule has 0 saturated carbocycles. The van der Waals surface area contributed by atoms with Crippen LogP contribution in [0.4, 0.5) is 30.4 Å². The van der Waals surface area contributed by atoms with Crippen LogP contribution in [0.1, 0.15) is 81.9 Å². The van der Waals surface area contributed by atoms with Crippen molar-refractivity contribution in [3.63, 3.8) is 0 Å². The van der Waals surface area contributed by atoms with Gasteiger partial charge in [-0.3, -0.25) is 24.0 Å². The minimum atomic E-state index is -4.81. The van der Waals surface area contributed by atoms with E-state index in [-0.39, 0.29) is 53.6 Å². The number of amides is 3. The van der Waals surface area contributed by atoms with Crippen molar-refractivity contribution in [3.8, 4) is 33.4 Å². The third-order valence-electron chi connectivity index (χ3n) is 13.7. The van der Waals surface area contributed by atoms with Crippen molar-refractivity contribution in [2.45, 2.75) is 96.4 Å². The quantitative estimate of drug-likeness (QED) is 0.105. The summed E-state index contributed by atoms with van der Waals surface area (Å²) in [4.78, 5) is 58.3. The van der Waals surface area contributed by atoms with Gasteiger partial charge in [-0.1, -0.05) is 38.1 Å². The summed E-state index contributed by atoms with van der Waals surface area (Å²) < 4.78 is 49.5. The molecule has 378 valence electrons. The van der Waals surface area contributed by atoms with Crippen LogP contribution in [0.25, 0.3) is 21.6 Å². The largest absolute Gasteiger partial charge is 0.489 e. The molecule has 3 amide bonds. The monoisotopic (exact) mass is 1030 g/mol. The lowest BCUT2D eigenvalue weighted by Gasteiger charge is -2.30. The molecule has 9 rings (SSSR count). The first-order valence-electron chi connectivity index (χ1n) is 23.8. The maximum atomic E-state index is 14.4. The van der Waals surface area contributed by atoms with E-state index in [1.165, 1.54) is 11.0 Å². The highest BCUT2D eigenvalue weighted by atomic mass is 32.1. The Kier molecular flexibility index (Phi) is 13.9. The van der Waals surface area contributed by atoms with E-state index in [2.05, 4.69) is 25.3 Å². The molecule has 3 fully saturated rings. The number of benzene rings is 3. The number of aryl methyl sites for hydroxylation is 1. The first-order valence-corrected chi connectivity index (χ1v) is 25.1. The van der Waals surface area contributed by atoms with Gasteiger partial charge >= 0.3 is 6.18 Å². The number of pyridine rings is 1. The Hall–Kier alpha value is -7.21. The molecular formula is C53H53F3N10O5S2. The van der Waals surface area contributed by atoms with Crippen molar-refractivity contribution in [3.05, 3.63) is 125 Å². The van der Waals surface area contributed by atoms with Gasteiger partial charge in [0.1, 0.15) is 35.3 Å². The Morgan fingerprint density at radius 1 is 0.973 bits per heavy atom. The number of hydrogen-bond acceptors (Lipinski definition) is 12. The fourth-order valence-corrected chi connectivity index (χ4v) is 11.2. The SMILES string of the molecule is Cc1ncsc1-c1ccc([C@H](C)NC(=O)[C@@H]2C[C@@H](O)CN2C(=O)[C@@H](C(C)C)n2cc(-c3ccnc(N4CC[C@H](Oc5ccc(N6C(=S)N(c7ccc(C#N)c(C(F)(F)F)c7)C(=O)C6(C)C)cc5)C4)c3)cn2)cc1. The maximum Gasteiger partial charge on any atom is 0.417 e. The Bertz CT molecular complexity index is 3120. The third kappa shape index (κ3) is 10.0. The molecule has 6 heterocycles. The Morgan fingerprint density at radius 2 is 1.70 bits per heavy atom. The second kappa shape index (κ2) is 20.0. The normalized spacial score (nSPS) is 19.7. The van der Waals surface area contributed by atoms with Crippen LogP contribution in [0.15, 0.2) is 103 Å². The average Bonchev–Trinajstić information content (AvgIpc) is 4.22. The molecule has 20 heteroatoms. The number of anilines is 3. The molecule has 15 nitrogen and oxygen atoms in total. The first kappa shape index (κ1) is 50.7. The van der Waals surface area contributed by atoms with Gasteiger partial charge in [-0.25, -0.2) is 9.97 Å². The van der Waals surface area contributed by atoms with Gasteiger partial charge in [-0.15, -0.1) is 11.3 Å². The van der Waals surface area contributed by atoms with Gasteiger partial charge in [0, 0.05) is 49.6 Å². The van der Waals surface area contributed by atoms with E-state index < -0.39 is 46.9 Å². The predicted molar refractivity (Wildman–Crippen MR) is 275 cm³/mol. The summed E-state index contributed by atoms with van der Waals surface area (Å²) in [7, 11) is 0. The smallest absolute Gasteiger partial charge is 0.417 e. The molecular weight excluding hydrogens is 978 g/mol. The number of β-amino-alcohol motifs (C(OH)–C–C–N with tert-alkyl or cyclic N) is 1. The van der Waals surface area contributed by atoms with E-state index in [0.717, 1.165) is 55.7 Å². The van der Waals surface area contributed by atoms with Crippen LogP contribution in [-0.2, 0) is 20.6 Å². The van der Waals surface area contributed by atoms with E-state index in [4.69, 9.17) is 17.0 Å². The van der Waals surface area contributed by atoms with E-state index in [1.807, 2.05) is 75.8 Å². The molecule has 2 N–H and O–H groups in total. The summed E-state index contributed by atoms with van der Waals surface area (Å²) in [5.74, 6) is -0.0664. The summed E-state index contributed by atoms with van der Waals surface area (Å²) in [6.07, 6.45) is 0.206. The van der Waals surface area contributed by atoms with Crippen molar-refractivity contribution in [2.24, 2.45) is 5.92 Å². The van der Waals surface area contributed by atoms with Crippen LogP contribution in [-0.4, -0.2) is 96.0 Å². The first-order chi connectivity index (χ1) is 34.7. The van der Waals surface area contributed by atoms with E-state index in [9.17, 15) is 37.9 Å². The number of aliphatic hydroxyl groups is 1. The van der Waals surface area contributed by atoms with Crippen LogP contribution >= 0.6 is 23.6 Å². The highest BCUT2D eigenvalue weighted by Crippen LogP contribution is 2.41. The molecule has 0 bridgehead atoms. The number of rotatable bonds is 13. The minimum Gasteiger partial charge on any atom is -0.489 e. The van der Waals surface area contributed by atoms with Crippen molar-refractivity contribution >= 4 is 63.6 Å². The van der Waals surface area contributed by atoms with Crippen LogP contribution in [0.2, 0.25) is 0 Å². The number of aliphatic hydroxyl groups excluding tert-OH is 1. The van der Waals surface area contributed by atoms with Crippen LogP contribution < -0.4 is 24.8 Å². The molecule has 0 spiro atoms. The van der Waals surface area contributed by atoms with Crippen molar-refractivity contribution in [2.75, 3.05) is 34.3 Å². The number of likely N-dealkylation sites (tertiary alicyclic amines) is 1. The van der Waals surface area contributed by atoms with Crippen LogP contribution in [0, 0.1) is 24.2 Å². The number of halogens is 3. The number of nitrogens with one attached hydrogen (secondary N) is 1. The highest BCUT2D eigenvalue weighted by molar-refractivity contribution is 7.81. The lowest BCUT2D eigenvalue weighted by Crippen LogP contribution is -2.49. The Labute approximate surface area is 429 Å². The van der Waals surface area contributed by atoms with Crippen LogP contribution in [0.5, 0.6) is 5.75 Å². The Morgan fingerprint density at radius 3 is 2.37 bits per heavy atom. The molecule has 3 saturated heterocycles. The van der Waals surface area contributed by atoms with Crippen molar-refractivity contribution in [1.82, 2.24) is 30.0 Å². The number of hydrogen-bond donors (Lipinski definition) is 2. The van der Waals surface area contributed by atoms with E-state index >= 15 is 0 Å². The maximum absolute atomic E-state index is 14.4. The molecule has 0 unspecified atom stereocenters. The number of alkyl halides is 3. The second-order valence-electron chi connectivity index (χ2n) is 19.4. The molecule has 5 atom stereocenters. The number of carbonyl (C=O) groups is 3. The average molecular weight is 1030 g/mol. The number of thiocarbonyl (C=S) groups is 1. The van der Waals surface area contributed by atoms with Gasteiger partial charge in [0.05, 0.1) is 63.9 Å². The van der Waals surface area contributed by atoms with Gasteiger partial charge in [0.2, 0.25) is 11.8 Å².